The molecular weight excluding hydrogens is 312 g/mol. The summed E-state index contributed by atoms with van der Waals surface area (Å²) in [4.78, 5) is 4.51. The Morgan fingerprint density at radius 1 is 1.04 bits per heavy atom. The van der Waals surface area contributed by atoms with Crippen molar-refractivity contribution in [3.8, 4) is 0 Å². The Bertz CT molecular complexity index is 758. The van der Waals surface area contributed by atoms with E-state index in [9.17, 15) is 0 Å². The molecule has 0 atom stereocenters. The molecule has 2 aromatic heterocycles. The monoisotopic (exact) mass is 338 g/mol. The van der Waals surface area contributed by atoms with E-state index >= 15 is 0 Å². The minimum Gasteiger partial charge on any atom is -0.352 e. The second-order valence-corrected chi connectivity index (χ2v) is 8.22. The van der Waals surface area contributed by atoms with Gasteiger partial charge in [-0.25, -0.2) is 0 Å². The van der Waals surface area contributed by atoms with Gasteiger partial charge in [-0.2, -0.15) is 10.2 Å². The zero-order chi connectivity index (χ0) is 17.6. The number of anilines is 2. The van der Waals surface area contributed by atoms with Crippen molar-refractivity contribution in [3.63, 3.8) is 0 Å². The molecule has 6 heteroatoms. The molecule has 4 rings (SSSR count). The van der Waals surface area contributed by atoms with E-state index in [-0.39, 0.29) is 5.41 Å². The first-order valence-electron chi connectivity index (χ1n) is 9.09. The van der Waals surface area contributed by atoms with Crippen LogP contribution in [0.5, 0.6) is 0 Å². The van der Waals surface area contributed by atoms with E-state index < -0.39 is 0 Å². The number of hydrogen-bond donors (Lipinski definition) is 0. The lowest BCUT2D eigenvalue weighted by molar-refractivity contribution is 0.484. The maximum absolute atomic E-state index is 4.42. The average molecular weight is 338 g/mol. The molecule has 0 radical (unpaired) electrons. The van der Waals surface area contributed by atoms with E-state index in [1.54, 1.807) is 0 Å². The lowest BCUT2D eigenvalue weighted by Crippen LogP contribution is -2.59. The Kier molecular flexibility index (Phi) is 3.85. The first-order chi connectivity index (χ1) is 11.9. The summed E-state index contributed by atoms with van der Waals surface area (Å²) in [5, 5.41) is 17.6. The summed E-state index contributed by atoms with van der Waals surface area (Å²) >= 11 is 0. The average Bonchev–Trinajstić information content (AvgIpc) is 3.00. The van der Waals surface area contributed by atoms with Crippen LogP contribution in [0.2, 0.25) is 0 Å². The lowest BCUT2D eigenvalue weighted by Gasteiger charge is -2.44. The normalized spacial score (nSPS) is 17.4. The topological polar surface area (TPSA) is 58.0 Å². The second-order valence-electron chi connectivity index (χ2n) is 8.22. The number of hydrogen-bond acceptors (Lipinski definition) is 6. The quantitative estimate of drug-likeness (QED) is 0.856. The van der Waals surface area contributed by atoms with Gasteiger partial charge < -0.3 is 9.80 Å². The van der Waals surface area contributed by atoms with Gasteiger partial charge in [0.25, 0.3) is 0 Å². The number of fused-ring (bicyclic) bond motifs is 1. The van der Waals surface area contributed by atoms with Crippen molar-refractivity contribution >= 4 is 11.6 Å². The van der Waals surface area contributed by atoms with Crippen LogP contribution in [0.4, 0.5) is 11.6 Å². The number of aryl methyl sites for hydroxylation is 2. The van der Waals surface area contributed by atoms with E-state index in [1.165, 1.54) is 17.7 Å². The Hall–Kier alpha value is -2.24. The Balaban J connectivity index is 1.40. The van der Waals surface area contributed by atoms with Gasteiger partial charge in [0.15, 0.2) is 11.6 Å². The maximum Gasteiger partial charge on any atom is 0.151 e. The molecule has 0 bridgehead atoms. The molecule has 0 spiro atoms. The molecule has 1 aliphatic carbocycles. The van der Waals surface area contributed by atoms with Crippen molar-refractivity contribution < 1.29 is 0 Å². The fourth-order valence-corrected chi connectivity index (χ4v) is 3.46. The van der Waals surface area contributed by atoms with Crippen LogP contribution >= 0.6 is 0 Å². The van der Waals surface area contributed by atoms with E-state index in [1.807, 2.05) is 0 Å². The Morgan fingerprint density at radius 2 is 1.84 bits per heavy atom. The SMILES string of the molecule is CN(c1ccc(C(C)(C)C)nn1)C1CN(c2cc3c(nn2)CCC3)C1. The van der Waals surface area contributed by atoms with Gasteiger partial charge in [0.1, 0.15) is 0 Å². The molecule has 0 N–H and O–H groups in total. The number of rotatable bonds is 3. The second kappa shape index (κ2) is 5.93. The summed E-state index contributed by atoms with van der Waals surface area (Å²) in [6.45, 7) is 8.37. The third-order valence-electron chi connectivity index (χ3n) is 5.32. The predicted molar refractivity (Wildman–Crippen MR) is 99.2 cm³/mol. The van der Waals surface area contributed by atoms with Gasteiger partial charge in [0.2, 0.25) is 0 Å². The van der Waals surface area contributed by atoms with E-state index in [0.29, 0.717) is 6.04 Å². The molecular formula is C19H26N6. The minimum absolute atomic E-state index is 0.0314. The summed E-state index contributed by atoms with van der Waals surface area (Å²) < 4.78 is 0. The molecule has 132 valence electrons. The number of aromatic nitrogens is 4. The van der Waals surface area contributed by atoms with Gasteiger partial charge in [-0.3, -0.25) is 0 Å². The maximum atomic E-state index is 4.42. The third-order valence-corrected chi connectivity index (χ3v) is 5.32. The van der Waals surface area contributed by atoms with Crippen LogP contribution in [-0.2, 0) is 18.3 Å². The third kappa shape index (κ3) is 3.05. The largest absolute Gasteiger partial charge is 0.352 e. The van der Waals surface area contributed by atoms with E-state index in [0.717, 1.165) is 43.3 Å². The zero-order valence-corrected chi connectivity index (χ0v) is 15.5. The smallest absolute Gasteiger partial charge is 0.151 e. The van der Waals surface area contributed by atoms with Crippen molar-refractivity contribution in [2.45, 2.75) is 51.5 Å². The van der Waals surface area contributed by atoms with Crippen LogP contribution in [0.25, 0.3) is 0 Å². The van der Waals surface area contributed by atoms with Gasteiger partial charge in [-0.1, -0.05) is 20.8 Å². The van der Waals surface area contributed by atoms with Crippen molar-refractivity contribution in [2.24, 2.45) is 0 Å². The van der Waals surface area contributed by atoms with Crippen molar-refractivity contribution in [1.82, 2.24) is 20.4 Å². The van der Waals surface area contributed by atoms with Crippen LogP contribution in [0.1, 0.15) is 44.1 Å². The van der Waals surface area contributed by atoms with Gasteiger partial charge >= 0.3 is 0 Å². The van der Waals surface area contributed by atoms with Crippen molar-refractivity contribution in [2.75, 3.05) is 29.9 Å². The molecule has 2 aliphatic rings. The highest BCUT2D eigenvalue weighted by molar-refractivity contribution is 5.49. The van der Waals surface area contributed by atoms with Gasteiger partial charge in [-0.05, 0) is 43.0 Å². The molecule has 1 aliphatic heterocycles. The molecule has 0 amide bonds. The highest BCUT2D eigenvalue weighted by atomic mass is 15.4. The molecule has 0 aromatic carbocycles. The number of likely N-dealkylation sites (N-methyl/N-ethyl adjacent to an activating group) is 1. The summed E-state index contributed by atoms with van der Waals surface area (Å²) in [5.74, 6) is 1.94. The molecule has 0 saturated carbocycles. The highest BCUT2D eigenvalue weighted by Gasteiger charge is 2.32. The van der Waals surface area contributed by atoms with E-state index in [2.05, 4.69) is 76.2 Å². The van der Waals surface area contributed by atoms with Crippen LogP contribution in [0, 0.1) is 0 Å². The first kappa shape index (κ1) is 16.2. The van der Waals surface area contributed by atoms with E-state index in [4.69, 9.17) is 0 Å². The highest BCUT2D eigenvalue weighted by Crippen LogP contribution is 2.28. The molecule has 2 aromatic rings. The van der Waals surface area contributed by atoms with Gasteiger partial charge in [0, 0.05) is 25.6 Å². The van der Waals surface area contributed by atoms with Crippen molar-refractivity contribution in [3.05, 3.63) is 35.2 Å². The minimum atomic E-state index is 0.0314. The van der Waals surface area contributed by atoms with Crippen LogP contribution in [0.15, 0.2) is 18.2 Å². The molecule has 6 nitrogen and oxygen atoms in total. The Labute approximate surface area is 149 Å². The summed E-state index contributed by atoms with van der Waals surface area (Å²) in [6.07, 6.45) is 3.43. The van der Waals surface area contributed by atoms with Crippen LogP contribution in [-0.4, -0.2) is 46.6 Å². The van der Waals surface area contributed by atoms with Crippen LogP contribution in [0.3, 0.4) is 0 Å². The Morgan fingerprint density at radius 3 is 2.52 bits per heavy atom. The van der Waals surface area contributed by atoms with Crippen LogP contribution < -0.4 is 9.80 Å². The predicted octanol–water partition coefficient (Wildman–Crippen LogP) is 2.38. The molecule has 1 saturated heterocycles. The molecule has 1 fully saturated rings. The standard InChI is InChI=1S/C19H26N6/c1-19(2,3)16-8-9-17(22-21-16)24(4)14-11-25(12-14)18-10-13-6-5-7-15(13)20-23-18/h8-10,14H,5-7,11-12H2,1-4H3. The fourth-order valence-electron chi connectivity index (χ4n) is 3.46. The van der Waals surface area contributed by atoms with Crippen molar-refractivity contribution in [1.29, 1.82) is 0 Å². The first-order valence-corrected chi connectivity index (χ1v) is 9.09. The molecule has 25 heavy (non-hydrogen) atoms. The summed E-state index contributed by atoms with van der Waals surface area (Å²) in [7, 11) is 2.09. The van der Waals surface area contributed by atoms with Gasteiger partial charge in [-0.15, -0.1) is 10.2 Å². The fraction of sp³-hybridized carbons (Fsp3) is 0.579. The lowest BCUT2D eigenvalue weighted by atomic mass is 9.92. The zero-order valence-electron chi connectivity index (χ0n) is 15.5. The van der Waals surface area contributed by atoms with Gasteiger partial charge in [0.05, 0.1) is 17.4 Å². The molecule has 3 heterocycles. The summed E-state index contributed by atoms with van der Waals surface area (Å²) in [6, 6.07) is 6.82. The summed E-state index contributed by atoms with van der Waals surface area (Å²) in [5.41, 5.74) is 3.62. The molecule has 0 unspecified atom stereocenters. The number of nitrogens with zero attached hydrogens (tertiary/aromatic N) is 6.